The van der Waals surface area contributed by atoms with Crippen LogP contribution >= 0.6 is 0 Å². The van der Waals surface area contributed by atoms with Crippen molar-refractivity contribution in [2.45, 2.75) is 33.2 Å². The van der Waals surface area contributed by atoms with Crippen molar-refractivity contribution in [3.05, 3.63) is 17.8 Å². The van der Waals surface area contributed by atoms with Crippen LogP contribution in [0.5, 0.6) is 0 Å². The molecule has 4 nitrogen and oxygen atoms in total. The zero-order valence-corrected chi connectivity index (χ0v) is 8.08. The van der Waals surface area contributed by atoms with Crippen LogP contribution in [-0.2, 0) is 6.54 Å². The lowest BCUT2D eigenvalue weighted by Crippen LogP contribution is -2.11. The molecule has 72 valence electrons. The molecule has 0 aliphatic heterocycles. The summed E-state index contributed by atoms with van der Waals surface area (Å²) < 4.78 is 5.24. The van der Waals surface area contributed by atoms with Crippen LogP contribution in [0.25, 0.3) is 0 Å². The zero-order chi connectivity index (χ0) is 9.68. The third-order valence-corrected chi connectivity index (χ3v) is 1.59. The van der Waals surface area contributed by atoms with Crippen LogP contribution < -0.4 is 5.73 Å². The van der Waals surface area contributed by atoms with Gasteiger partial charge in [-0.3, -0.25) is 4.99 Å². The topological polar surface area (TPSA) is 64.4 Å². The number of oxazole rings is 1. The van der Waals surface area contributed by atoms with E-state index in [1.807, 2.05) is 6.92 Å². The number of nitrogens with two attached hydrogens (primary N) is 1. The fraction of sp³-hybridized carbons (Fsp3) is 0.556. The Morgan fingerprint density at radius 2 is 2.46 bits per heavy atom. The molecule has 0 bridgehead atoms. The summed E-state index contributed by atoms with van der Waals surface area (Å²) in [5, 5.41) is 0. The van der Waals surface area contributed by atoms with E-state index >= 15 is 0 Å². The van der Waals surface area contributed by atoms with Gasteiger partial charge in [0.25, 0.3) is 0 Å². The highest BCUT2D eigenvalue weighted by Crippen LogP contribution is 2.02. The molecule has 0 aliphatic rings. The minimum Gasteiger partial charge on any atom is -0.444 e. The number of aromatic nitrogens is 1. The number of hydrogen-bond acceptors (Lipinski definition) is 3. The van der Waals surface area contributed by atoms with Gasteiger partial charge >= 0.3 is 0 Å². The smallest absolute Gasteiger partial charge is 0.216 e. The molecule has 0 saturated heterocycles. The van der Waals surface area contributed by atoms with E-state index in [2.05, 4.69) is 16.9 Å². The van der Waals surface area contributed by atoms with Crippen molar-refractivity contribution in [3.63, 3.8) is 0 Å². The molecule has 0 amide bonds. The van der Waals surface area contributed by atoms with Crippen molar-refractivity contribution in [2.24, 2.45) is 10.7 Å². The summed E-state index contributed by atoms with van der Waals surface area (Å²) in [6.45, 7) is 4.37. The lowest BCUT2D eigenvalue weighted by atomic mass is 10.3. The van der Waals surface area contributed by atoms with E-state index in [1.165, 1.54) is 0 Å². The van der Waals surface area contributed by atoms with E-state index in [4.69, 9.17) is 10.2 Å². The van der Waals surface area contributed by atoms with Crippen LogP contribution in [0.4, 0.5) is 0 Å². The Bertz CT molecular complexity index is 291. The fourth-order valence-electron chi connectivity index (χ4n) is 0.979. The molecule has 1 aromatic rings. The Morgan fingerprint density at radius 1 is 1.69 bits per heavy atom. The first kappa shape index (κ1) is 9.77. The van der Waals surface area contributed by atoms with Gasteiger partial charge in [0.2, 0.25) is 5.89 Å². The van der Waals surface area contributed by atoms with Crippen molar-refractivity contribution in [1.82, 2.24) is 4.98 Å². The van der Waals surface area contributed by atoms with Crippen LogP contribution in [0, 0.1) is 6.92 Å². The number of rotatable bonds is 4. The third kappa shape index (κ3) is 3.27. The second-order valence-electron chi connectivity index (χ2n) is 2.92. The van der Waals surface area contributed by atoms with Crippen LogP contribution in [0.15, 0.2) is 15.6 Å². The maximum absolute atomic E-state index is 5.62. The maximum Gasteiger partial charge on any atom is 0.216 e. The Hall–Kier alpha value is -1.32. The van der Waals surface area contributed by atoms with Crippen LogP contribution in [0.1, 0.15) is 31.4 Å². The predicted molar refractivity (Wildman–Crippen MR) is 51.5 cm³/mol. The molecule has 0 atom stereocenters. The normalized spacial score (nSPS) is 12.0. The second-order valence-corrected chi connectivity index (χ2v) is 2.92. The van der Waals surface area contributed by atoms with Crippen molar-refractivity contribution >= 4 is 5.84 Å². The van der Waals surface area contributed by atoms with Gasteiger partial charge in [-0.25, -0.2) is 4.98 Å². The summed E-state index contributed by atoms with van der Waals surface area (Å²) in [4.78, 5) is 8.15. The quantitative estimate of drug-likeness (QED) is 0.567. The molecule has 0 unspecified atom stereocenters. The number of aryl methyl sites for hydroxylation is 1. The van der Waals surface area contributed by atoms with Gasteiger partial charge in [-0.1, -0.05) is 6.92 Å². The molecule has 1 rings (SSSR count). The van der Waals surface area contributed by atoms with Gasteiger partial charge < -0.3 is 10.2 Å². The molecule has 4 heteroatoms. The molecule has 1 heterocycles. The minimum absolute atomic E-state index is 0.444. The summed E-state index contributed by atoms with van der Waals surface area (Å²) >= 11 is 0. The molecule has 0 saturated carbocycles. The lowest BCUT2D eigenvalue weighted by molar-refractivity contribution is 0.474. The molecule has 1 aromatic heterocycles. The first-order valence-electron chi connectivity index (χ1n) is 4.42. The first-order chi connectivity index (χ1) is 6.22. The van der Waals surface area contributed by atoms with Crippen LogP contribution in [-0.4, -0.2) is 10.8 Å². The van der Waals surface area contributed by atoms with Gasteiger partial charge in [0.15, 0.2) is 0 Å². The Kier molecular flexibility index (Phi) is 3.49. The Balaban J connectivity index is 2.46. The summed E-state index contributed by atoms with van der Waals surface area (Å²) in [5.74, 6) is 2.09. The van der Waals surface area contributed by atoms with Gasteiger partial charge in [0.05, 0.1) is 12.0 Å². The number of amidine groups is 1. The molecular weight excluding hydrogens is 166 g/mol. The van der Waals surface area contributed by atoms with Crippen LogP contribution in [0.2, 0.25) is 0 Å². The average Bonchev–Trinajstić information content (AvgIpc) is 2.49. The first-order valence-corrected chi connectivity index (χ1v) is 4.42. The molecule has 13 heavy (non-hydrogen) atoms. The van der Waals surface area contributed by atoms with Crippen molar-refractivity contribution < 1.29 is 4.42 Å². The van der Waals surface area contributed by atoms with Crippen LogP contribution in [0.3, 0.4) is 0 Å². The highest BCUT2D eigenvalue weighted by molar-refractivity contribution is 5.80. The molecule has 0 fully saturated rings. The van der Waals surface area contributed by atoms with Crippen molar-refractivity contribution in [2.75, 3.05) is 0 Å². The molecule has 2 N–H and O–H groups in total. The van der Waals surface area contributed by atoms with Gasteiger partial charge in [0, 0.05) is 6.42 Å². The zero-order valence-electron chi connectivity index (χ0n) is 8.08. The minimum atomic E-state index is 0.444. The van der Waals surface area contributed by atoms with E-state index in [1.54, 1.807) is 6.20 Å². The lowest BCUT2D eigenvalue weighted by Gasteiger charge is -1.95. The number of aliphatic imine (C=N–C) groups is 1. The molecule has 0 aliphatic carbocycles. The van der Waals surface area contributed by atoms with Crippen molar-refractivity contribution in [3.8, 4) is 0 Å². The van der Waals surface area contributed by atoms with E-state index in [9.17, 15) is 0 Å². The van der Waals surface area contributed by atoms with Gasteiger partial charge in [-0.05, 0) is 13.3 Å². The summed E-state index contributed by atoms with van der Waals surface area (Å²) in [6, 6.07) is 0. The Morgan fingerprint density at radius 3 is 3.00 bits per heavy atom. The third-order valence-electron chi connectivity index (χ3n) is 1.59. The van der Waals surface area contributed by atoms with E-state index in [0.29, 0.717) is 18.3 Å². The van der Waals surface area contributed by atoms with E-state index in [-0.39, 0.29) is 0 Å². The Labute approximate surface area is 77.9 Å². The fourth-order valence-corrected chi connectivity index (χ4v) is 0.979. The monoisotopic (exact) mass is 181 g/mol. The number of hydrogen-bond donors (Lipinski definition) is 1. The van der Waals surface area contributed by atoms with Gasteiger partial charge in [-0.15, -0.1) is 0 Å². The highest BCUT2D eigenvalue weighted by atomic mass is 16.4. The van der Waals surface area contributed by atoms with E-state index in [0.717, 1.165) is 18.6 Å². The molecule has 0 radical (unpaired) electrons. The molecule has 0 spiro atoms. The second kappa shape index (κ2) is 4.64. The SMILES string of the molecule is CCCC(N)=NCc1ncc(C)o1. The number of nitrogens with zero attached hydrogens (tertiary/aromatic N) is 2. The molecular formula is C9H15N3O. The predicted octanol–water partition coefficient (Wildman–Crippen LogP) is 1.64. The maximum atomic E-state index is 5.62. The largest absolute Gasteiger partial charge is 0.444 e. The summed E-state index contributed by atoms with van der Waals surface area (Å²) in [5.41, 5.74) is 5.62. The standard InChI is InChI=1S/C9H15N3O/c1-3-4-8(10)11-6-9-12-5-7(2)13-9/h5H,3-4,6H2,1-2H3,(H2,10,11). The van der Waals surface area contributed by atoms with Gasteiger partial charge in [0.1, 0.15) is 12.3 Å². The highest BCUT2D eigenvalue weighted by Gasteiger charge is 1.98. The van der Waals surface area contributed by atoms with Crippen molar-refractivity contribution in [1.29, 1.82) is 0 Å². The summed E-state index contributed by atoms with van der Waals surface area (Å²) in [7, 11) is 0. The summed E-state index contributed by atoms with van der Waals surface area (Å²) in [6.07, 6.45) is 3.53. The molecule has 0 aromatic carbocycles. The average molecular weight is 181 g/mol. The van der Waals surface area contributed by atoms with Gasteiger partial charge in [-0.2, -0.15) is 0 Å². The van der Waals surface area contributed by atoms with E-state index < -0.39 is 0 Å².